The molecular weight excluding hydrogens is 340 g/mol. The lowest BCUT2D eigenvalue weighted by Crippen LogP contribution is -2.19. The zero-order chi connectivity index (χ0) is 18.8. The van der Waals surface area contributed by atoms with Crippen LogP contribution in [0.1, 0.15) is 18.2 Å². The molecule has 0 unspecified atom stereocenters. The highest BCUT2D eigenvalue weighted by atomic mass is 16.2. The van der Waals surface area contributed by atoms with Gasteiger partial charge in [0, 0.05) is 34.5 Å². The number of para-hydroxylation sites is 1. The molecule has 0 bridgehead atoms. The summed E-state index contributed by atoms with van der Waals surface area (Å²) in [5.74, 6) is -0.150. The van der Waals surface area contributed by atoms with Crippen LogP contribution in [0.5, 0.6) is 0 Å². The van der Waals surface area contributed by atoms with E-state index in [0.717, 1.165) is 22.5 Å². The van der Waals surface area contributed by atoms with E-state index in [1.165, 1.54) is 0 Å². The van der Waals surface area contributed by atoms with E-state index in [1.54, 1.807) is 18.2 Å². The van der Waals surface area contributed by atoms with Crippen molar-refractivity contribution in [2.75, 3.05) is 16.0 Å². The molecule has 1 aliphatic heterocycles. The Morgan fingerprint density at radius 3 is 2.44 bits per heavy atom. The van der Waals surface area contributed by atoms with E-state index in [1.807, 2.05) is 55.6 Å². The first-order valence-corrected chi connectivity index (χ1v) is 8.55. The van der Waals surface area contributed by atoms with Crippen molar-refractivity contribution in [1.82, 2.24) is 4.98 Å². The number of anilines is 3. The van der Waals surface area contributed by atoms with Crippen molar-refractivity contribution in [2.24, 2.45) is 0 Å². The average Bonchev–Trinajstić information content (AvgIpc) is 3.29. The number of urea groups is 1. The normalized spacial score (nSPS) is 14.3. The van der Waals surface area contributed by atoms with Gasteiger partial charge < -0.3 is 20.9 Å². The number of carbonyl (C=O) groups is 2. The molecule has 1 aromatic heterocycles. The number of hydrogen-bond acceptors (Lipinski definition) is 2. The summed E-state index contributed by atoms with van der Waals surface area (Å²) in [4.78, 5) is 27.8. The Hall–Kier alpha value is -3.80. The number of rotatable bonds is 3. The van der Waals surface area contributed by atoms with Crippen molar-refractivity contribution >= 4 is 40.1 Å². The minimum absolute atomic E-state index is 0.150. The van der Waals surface area contributed by atoms with Crippen LogP contribution in [0.4, 0.5) is 21.9 Å². The van der Waals surface area contributed by atoms with Crippen molar-refractivity contribution in [3.63, 3.8) is 0 Å². The molecule has 1 aliphatic rings. The highest BCUT2D eigenvalue weighted by Gasteiger charge is 2.27. The van der Waals surface area contributed by atoms with E-state index < -0.39 is 0 Å². The molecule has 4 rings (SSSR count). The maximum Gasteiger partial charge on any atom is 0.323 e. The largest absolute Gasteiger partial charge is 0.361 e. The summed E-state index contributed by atoms with van der Waals surface area (Å²) in [6, 6.07) is 18.0. The first kappa shape index (κ1) is 16.7. The third kappa shape index (κ3) is 3.32. The van der Waals surface area contributed by atoms with E-state index in [2.05, 4.69) is 20.9 Å². The topological polar surface area (TPSA) is 86.0 Å². The molecule has 0 radical (unpaired) electrons. The summed E-state index contributed by atoms with van der Waals surface area (Å²) in [6.07, 6.45) is 1.82. The number of amides is 3. The summed E-state index contributed by atoms with van der Waals surface area (Å²) in [7, 11) is 0. The van der Waals surface area contributed by atoms with Crippen LogP contribution in [-0.2, 0) is 4.79 Å². The monoisotopic (exact) mass is 358 g/mol. The third-order valence-electron chi connectivity index (χ3n) is 4.43. The number of hydrogen-bond donors (Lipinski definition) is 4. The lowest BCUT2D eigenvalue weighted by Gasteiger charge is -2.09. The molecule has 2 aromatic carbocycles. The van der Waals surface area contributed by atoms with Gasteiger partial charge in [0.05, 0.1) is 5.57 Å². The second kappa shape index (κ2) is 6.84. The van der Waals surface area contributed by atoms with Gasteiger partial charge in [-0.1, -0.05) is 18.2 Å². The average molecular weight is 358 g/mol. The number of H-pyrrole nitrogens is 1. The number of benzene rings is 2. The van der Waals surface area contributed by atoms with Crippen LogP contribution in [0.15, 0.2) is 66.9 Å². The van der Waals surface area contributed by atoms with E-state index in [4.69, 9.17) is 0 Å². The summed E-state index contributed by atoms with van der Waals surface area (Å²) in [5.41, 5.74) is 5.14. The van der Waals surface area contributed by atoms with Crippen LogP contribution in [-0.4, -0.2) is 16.9 Å². The summed E-state index contributed by atoms with van der Waals surface area (Å²) < 4.78 is 0. The molecule has 3 amide bonds. The van der Waals surface area contributed by atoms with Crippen LogP contribution >= 0.6 is 0 Å². The first-order chi connectivity index (χ1) is 13.1. The fraction of sp³-hybridized carbons (Fsp3) is 0.0476. The standard InChI is InChI=1S/C21H18N4O2/c1-13(17-8-5-11-22-17)19-16-12-15(9-10-18(16)25-20(19)26)24-21(27)23-14-6-3-2-4-7-14/h2-12,22H,1H3,(H,25,26)(H2,23,24,27)/b19-13-. The molecule has 4 N–H and O–H groups in total. The lowest BCUT2D eigenvalue weighted by atomic mass is 9.99. The number of nitrogens with one attached hydrogen (secondary N) is 4. The molecule has 0 atom stereocenters. The Labute approximate surface area is 156 Å². The molecule has 0 saturated carbocycles. The number of allylic oxidation sites excluding steroid dienone is 1. The molecule has 2 heterocycles. The van der Waals surface area contributed by atoms with Crippen molar-refractivity contribution in [1.29, 1.82) is 0 Å². The lowest BCUT2D eigenvalue weighted by molar-refractivity contribution is -0.110. The fourth-order valence-corrected chi connectivity index (χ4v) is 3.13. The Balaban J connectivity index is 1.61. The van der Waals surface area contributed by atoms with Crippen molar-refractivity contribution < 1.29 is 9.59 Å². The van der Waals surface area contributed by atoms with E-state index in [0.29, 0.717) is 16.9 Å². The maximum atomic E-state index is 12.5. The first-order valence-electron chi connectivity index (χ1n) is 8.55. The minimum atomic E-state index is -0.343. The molecule has 0 spiro atoms. The predicted octanol–water partition coefficient (Wildman–Crippen LogP) is 4.54. The van der Waals surface area contributed by atoms with Gasteiger partial charge >= 0.3 is 6.03 Å². The SMILES string of the molecule is C/C(=C1/C(=O)Nc2ccc(NC(=O)Nc3ccccc3)cc21)c1ccc[nH]1. The van der Waals surface area contributed by atoms with Crippen LogP contribution < -0.4 is 16.0 Å². The number of aromatic nitrogens is 1. The van der Waals surface area contributed by atoms with Gasteiger partial charge in [-0.25, -0.2) is 4.79 Å². The second-order valence-corrected chi connectivity index (χ2v) is 6.24. The summed E-state index contributed by atoms with van der Waals surface area (Å²) in [6.45, 7) is 1.90. The predicted molar refractivity (Wildman–Crippen MR) is 107 cm³/mol. The van der Waals surface area contributed by atoms with Gasteiger partial charge in [0.2, 0.25) is 0 Å². The fourth-order valence-electron chi connectivity index (χ4n) is 3.13. The van der Waals surface area contributed by atoms with Crippen molar-refractivity contribution in [2.45, 2.75) is 6.92 Å². The molecule has 0 aliphatic carbocycles. The molecule has 134 valence electrons. The zero-order valence-corrected chi connectivity index (χ0v) is 14.7. The molecule has 3 aromatic rings. The molecule has 0 fully saturated rings. The Morgan fingerprint density at radius 1 is 0.926 bits per heavy atom. The number of fused-ring (bicyclic) bond motifs is 1. The molecular formula is C21H18N4O2. The van der Waals surface area contributed by atoms with Gasteiger partial charge in [0.15, 0.2) is 0 Å². The van der Waals surface area contributed by atoms with Crippen molar-refractivity contribution in [3.05, 3.63) is 78.1 Å². The van der Waals surface area contributed by atoms with Crippen molar-refractivity contribution in [3.8, 4) is 0 Å². The second-order valence-electron chi connectivity index (χ2n) is 6.24. The van der Waals surface area contributed by atoms with Crippen LogP contribution in [0, 0.1) is 0 Å². The Morgan fingerprint density at radius 2 is 1.70 bits per heavy atom. The molecule has 27 heavy (non-hydrogen) atoms. The van der Waals surface area contributed by atoms with Crippen LogP contribution in [0.25, 0.3) is 11.1 Å². The van der Waals surface area contributed by atoms with Gasteiger partial charge in [-0.15, -0.1) is 0 Å². The van der Waals surface area contributed by atoms with E-state index >= 15 is 0 Å². The van der Waals surface area contributed by atoms with Gasteiger partial charge in [0.25, 0.3) is 5.91 Å². The highest BCUT2D eigenvalue weighted by molar-refractivity contribution is 6.36. The van der Waals surface area contributed by atoms with Gasteiger partial charge in [-0.05, 0) is 55.0 Å². The quantitative estimate of drug-likeness (QED) is 0.518. The minimum Gasteiger partial charge on any atom is -0.361 e. The van der Waals surface area contributed by atoms with E-state index in [9.17, 15) is 9.59 Å². The van der Waals surface area contributed by atoms with Gasteiger partial charge in [0.1, 0.15) is 0 Å². The Kier molecular flexibility index (Phi) is 4.22. The number of aromatic amines is 1. The van der Waals surface area contributed by atoms with E-state index in [-0.39, 0.29) is 11.9 Å². The number of carbonyl (C=O) groups excluding carboxylic acids is 2. The van der Waals surface area contributed by atoms with Crippen LogP contribution in [0.3, 0.4) is 0 Å². The molecule has 6 heteroatoms. The molecule has 0 saturated heterocycles. The molecule has 6 nitrogen and oxygen atoms in total. The summed E-state index contributed by atoms with van der Waals surface area (Å²) >= 11 is 0. The smallest absolute Gasteiger partial charge is 0.323 e. The maximum absolute atomic E-state index is 12.5. The third-order valence-corrected chi connectivity index (χ3v) is 4.43. The Bertz CT molecular complexity index is 1040. The van der Waals surface area contributed by atoms with Gasteiger partial charge in [-0.2, -0.15) is 0 Å². The van der Waals surface area contributed by atoms with Gasteiger partial charge in [-0.3, -0.25) is 4.79 Å². The highest BCUT2D eigenvalue weighted by Crippen LogP contribution is 2.38. The summed E-state index contributed by atoms with van der Waals surface area (Å²) in [5, 5.41) is 8.45. The van der Waals surface area contributed by atoms with Crippen LogP contribution in [0.2, 0.25) is 0 Å². The zero-order valence-electron chi connectivity index (χ0n) is 14.7.